The lowest BCUT2D eigenvalue weighted by Gasteiger charge is -2.31. The highest BCUT2D eigenvalue weighted by Gasteiger charge is 2.19. The molecule has 1 fully saturated rings. The molecule has 1 aliphatic heterocycles. The highest BCUT2D eigenvalue weighted by molar-refractivity contribution is 5.87. The van der Waals surface area contributed by atoms with Crippen molar-refractivity contribution in [1.29, 1.82) is 0 Å². The topological polar surface area (TPSA) is 40.6 Å². The van der Waals surface area contributed by atoms with E-state index >= 15 is 0 Å². The zero-order valence-corrected chi connectivity index (χ0v) is 8.69. The molecule has 1 heterocycles. The minimum absolute atomic E-state index is 0.0200. The van der Waals surface area contributed by atoms with Gasteiger partial charge in [-0.25, -0.2) is 0 Å². The van der Waals surface area contributed by atoms with E-state index in [1.165, 1.54) is 13.0 Å². The van der Waals surface area contributed by atoms with E-state index in [-0.39, 0.29) is 11.7 Å². The van der Waals surface area contributed by atoms with Crippen LogP contribution >= 0.6 is 0 Å². The Balaban J connectivity index is 2.38. The molecule has 0 aliphatic carbocycles. The van der Waals surface area contributed by atoms with Crippen molar-refractivity contribution >= 4 is 11.7 Å². The second-order valence-electron chi connectivity index (χ2n) is 3.59. The minimum Gasteiger partial charge on any atom is -0.337 e. The minimum atomic E-state index is 0.0200. The number of hydrogen-bond donors (Lipinski definition) is 0. The third-order valence-corrected chi connectivity index (χ3v) is 2.19. The molecule has 0 unspecified atom stereocenters. The predicted octanol–water partition coefficient (Wildman–Crippen LogP) is -0.0944. The fourth-order valence-electron chi connectivity index (χ4n) is 1.37. The third kappa shape index (κ3) is 3.30. The van der Waals surface area contributed by atoms with E-state index in [0.29, 0.717) is 13.1 Å². The number of hydrogen-bond acceptors (Lipinski definition) is 3. The molecular weight excluding hydrogens is 180 g/mol. The number of carbonyl (C=O) groups excluding carboxylic acids is 2. The highest BCUT2D eigenvalue weighted by Crippen LogP contribution is 2.00. The number of allylic oxidation sites excluding steroid dienone is 1. The summed E-state index contributed by atoms with van der Waals surface area (Å²) in [6.45, 7) is 4.18. The number of carbonyl (C=O) groups is 2. The normalized spacial score (nSPS) is 19.3. The van der Waals surface area contributed by atoms with Gasteiger partial charge in [-0.15, -0.1) is 0 Å². The standard InChI is InChI=1S/C10H16N2O2/c1-9(13)4-3-5-12-7-6-11(2)8-10(12)14/h3-4H,5-8H2,1-2H3/b4-3+. The third-order valence-electron chi connectivity index (χ3n) is 2.19. The Morgan fingerprint density at radius 2 is 2.21 bits per heavy atom. The van der Waals surface area contributed by atoms with Gasteiger partial charge in [-0.1, -0.05) is 6.08 Å². The smallest absolute Gasteiger partial charge is 0.237 e. The first-order chi connectivity index (χ1) is 6.59. The maximum Gasteiger partial charge on any atom is 0.237 e. The highest BCUT2D eigenvalue weighted by atomic mass is 16.2. The summed E-state index contributed by atoms with van der Waals surface area (Å²) >= 11 is 0. The van der Waals surface area contributed by atoms with Gasteiger partial charge < -0.3 is 4.90 Å². The van der Waals surface area contributed by atoms with Crippen LogP contribution in [-0.4, -0.2) is 54.7 Å². The van der Waals surface area contributed by atoms with E-state index in [1.807, 2.05) is 11.9 Å². The average Bonchev–Trinajstić information content (AvgIpc) is 2.08. The molecule has 1 rings (SSSR count). The van der Waals surface area contributed by atoms with E-state index in [1.54, 1.807) is 11.0 Å². The van der Waals surface area contributed by atoms with Crippen LogP contribution in [0.3, 0.4) is 0 Å². The first-order valence-corrected chi connectivity index (χ1v) is 4.73. The van der Waals surface area contributed by atoms with Crippen molar-refractivity contribution in [2.75, 3.05) is 33.2 Å². The number of rotatable bonds is 3. The zero-order chi connectivity index (χ0) is 10.6. The van der Waals surface area contributed by atoms with Crippen LogP contribution in [-0.2, 0) is 9.59 Å². The summed E-state index contributed by atoms with van der Waals surface area (Å²) in [7, 11) is 1.93. The van der Waals surface area contributed by atoms with Gasteiger partial charge in [-0.3, -0.25) is 14.5 Å². The molecule has 1 aliphatic rings. The molecule has 14 heavy (non-hydrogen) atoms. The van der Waals surface area contributed by atoms with E-state index < -0.39 is 0 Å². The van der Waals surface area contributed by atoms with E-state index in [4.69, 9.17) is 0 Å². The fraction of sp³-hybridized carbons (Fsp3) is 0.600. The lowest BCUT2D eigenvalue weighted by molar-refractivity contribution is -0.134. The van der Waals surface area contributed by atoms with E-state index in [9.17, 15) is 9.59 Å². The van der Waals surface area contributed by atoms with Gasteiger partial charge in [0.1, 0.15) is 0 Å². The maximum atomic E-state index is 11.4. The number of piperazine rings is 1. The molecule has 0 aromatic rings. The van der Waals surface area contributed by atoms with Crippen molar-refractivity contribution in [1.82, 2.24) is 9.80 Å². The molecule has 1 amide bonds. The number of ketones is 1. The molecule has 0 spiro atoms. The number of amides is 1. The first-order valence-electron chi connectivity index (χ1n) is 4.73. The average molecular weight is 196 g/mol. The largest absolute Gasteiger partial charge is 0.337 e. The molecule has 4 nitrogen and oxygen atoms in total. The predicted molar refractivity (Wildman–Crippen MR) is 53.9 cm³/mol. The van der Waals surface area contributed by atoms with Gasteiger partial charge in [0, 0.05) is 19.6 Å². The van der Waals surface area contributed by atoms with Crippen LogP contribution in [0, 0.1) is 0 Å². The zero-order valence-electron chi connectivity index (χ0n) is 8.69. The van der Waals surface area contributed by atoms with Crippen molar-refractivity contribution in [2.45, 2.75) is 6.92 Å². The Hall–Kier alpha value is -1.16. The van der Waals surface area contributed by atoms with Crippen LogP contribution in [0.2, 0.25) is 0 Å². The Labute approximate surface area is 84.2 Å². The van der Waals surface area contributed by atoms with Crippen molar-refractivity contribution in [3.8, 4) is 0 Å². The lowest BCUT2D eigenvalue weighted by atomic mass is 10.3. The second-order valence-corrected chi connectivity index (χ2v) is 3.59. The van der Waals surface area contributed by atoms with Crippen molar-refractivity contribution in [3.05, 3.63) is 12.2 Å². The summed E-state index contributed by atoms with van der Waals surface area (Å²) in [4.78, 5) is 25.8. The molecule has 1 saturated heterocycles. The molecule has 0 N–H and O–H groups in total. The molecule has 0 bridgehead atoms. The van der Waals surface area contributed by atoms with Gasteiger partial charge in [0.25, 0.3) is 0 Å². The number of nitrogens with zero attached hydrogens (tertiary/aromatic N) is 2. The van der Waals surface area contributed by atoms with Crippen molar-refractivity contribution in [3.63, 3.8) is 0 Å². The summed E-state index contributed by atoms with van der Waals surface area (Å²) in [5, 5.41) is 0. The van der Waals surface area contributed by atoms with Gasteiger partial charge in [0.05, 0.1) is 6.54 Å². The van der Waals surface area contributed by atoms with E-state index in [0.717, 1.165) is 13.1 Å². The van der Waals surface area contributed by atoms with Gasteiger partial charge in [0.15, 0.2) is 5.78 Å². The Kier molecular flexibility index (Phi) is 3.83. The molecule has 0 atom stereocenters. The fourth-order valence-corrected chi connectivity index (χ4v) is 1.37. The van der Waals surface area contributed by atoms with Crippen molar-refractivity contribution in [2.24, 2.45) is 0 Å². The van der Waals surface area contributed by atoms with Crippen LogP contribution in [0.5, 0.6) is 0 Å². The van der Waals surface area contributed by atoms with Gasteiger partial charge in [-0.05, 0) is 20.0 Å². The van der Waals surface area contributed by atoms with Crippen LogP contribution in [0.4, 0.5) is 0 Å². The van der Waals surface area contributed by atoms with Crippen LogP contribution in [0.15, 0.2) is 12.2 Å². The van der Waals surface area contributed by atoms with Gasteiger partial charge in [-0.2, -0.15) is 0 Å². The quantitative estimate of drug-likeness (QED) is 0.592. The second kappa shape index (κ2) is 4.91. The summed E-state index contributed by atoms with van der Waals surface area (Å²) in [5.74, 6) is 0.151. The Morgan fingerprint density at radius 1 is 1.50 bits per heavy atom. The Morgan fingerprint density at radius 3 is 2.79 bits per heavy atom. The molecular formula is C10H16N2O2. The first kappa shape index (κ1) is 10.9. The summed E-state index contributed by atoms with van der Waals surface area (Å²) < 4.78 is 0. The van der Waals surface area contributed by atoms with Crippen molar-refractivity contribution < 1.29 is 9.59 Å². The number of likely N-dealkylation sites (N-methyl/N-ethyl adjacent to an activating group) is 1. The lowest BCUT2D eigenvalue weighted by Crippen LogP contribution is -2.48. The molecule has 0 aromatic heterocycles. The van der Waals surface area contributed by atoms with E-state index in [2.05, 4.69) is 0 Å². The van der Waals surface area contributed by atoms with Crippen LogP contribution < -0.4 is 0 Å². The SMILES string of the molecule is CC(=O)/C=C/CN1CCN(C)CC1=O. The summed E-state index contributed by atoms with van der Waals surface area (Å²) in [6, 6.07) is 0. The molecule has 0 aromatic carbocycles. The maximum absolute atomic E-state index is 11.4. The molecule has 0 radical (unpaired) electrons. The summed E-state index contributed by atoms with van der Waals surface area (Å²) in [6.07, 6.45) is 3.25. The Bertz CT molecular complexity index is 261. The monoisotopic (exact) mass is 196 g/mol. The van der Waals surface area contributed by atoms with Gasteiger partial charge >= 0.3 is 0 Å². The molecule has 78 valence electrons. The van der Waals surface area contributed by atoms with Crippen LogP contribution in [0.1, 0.15) is 6.92 Å². The molecule has 4 heteroatoms. The summed E-state index contributed by atoms with van der Waals surface area (Å²) in [5.41, 5.74) is 0. The van der Waals surface area contributed by atoms with Gasteiger partial charge in [0.2, 0.25) is 5.91 Å². The molecule has 0 saturated carbocycles. The van der Waals surface area contributed by atoms with Crippen LogP contribution in [0.25, 0.3) is 0 Å².